The minimum atomic E-state index is -0.0691. The van der Waals surface area contributed by atoms with Crippen molar-refractivity contribution in [1.82, 2.24) is 42.1 Å². The molecule has 5 saturated heterocycles. The van der Waals surface area contributed by atoms with Crippen molar-refractivity contribution in [2.75, 3.05) is 61.9 Å². The Morgan fingerprint density at radius 3 is 0.753 bits per heavy atom. The molecule has 7 N–H and O–H groups in total. The van der Waals surface area contributed by atoms with Crippen molar-refractivity contribution in [3.8, 4) is 0 Å². The molecule has 0 aromatic rings. The van der Waals surface area contributed by atoms with E-state index in [0.29, 0.717) is 47.3 Å². The van der Waals surface area contributed by atoms with Crippen molar-refractivity contribution in [1.29, 1.82) is 0 Å². The summed E-state index contributed by atoms with van der Waals surface area (Å²) in [6.07, 6.45) is 35.0. The van der Waals surface area contributed by atoms with Crippen LogP contribution < -0.4 is 37.2 Å². The largest absolute Gasteiger partial charge is 0.381 e. The molecule has 0 amide bonds. The highest BCUT2D eigenvalue weighted by atomic mass is 16.5. The Morgan fingerprint density at radius 1 is 0.280 bits per heavy atom. The highest BCUT2D eigenvalue weighted by Gasteiger charge is 2.70. The van der Waals surface area contributed by atoms with Crippen LogP contribution in [0.3, 0.4) is 0 Å². The van der Waals surface area contributed by atoms with Crippen LogP contribution in [0.4, 0.5) is 0 Å². The first kappa shape index (κ1) is 68.1. The number of unbranched alkanes of at least 4 members (excludes halogenated alkanes) is 4. The Hall–Kier alpha value is -0.640. The third kappa shape index (κ3) is 12.3. The Kier molecular flexibility index (Phi) is 22.1. The summed E-state index contributed by atoms with van der Waals surface area (Å²) in [7, 11) is 10.7. The Labute approximate surface area is 563 Å². The smallest absolute Gasteiger partial charge is 0.0678 e. The first-order valence-corrected chi connectivity index (χ1v) is 40.4. The first-order chi connectivity index (χ1) is 45.7. The molecule has 0 radical (unpaired) electrons. The van der Waals surface area contributed by atoms with Gasteiger partial charge in [0.25, 0.3) is 0 Å². The van der Waals surface area contributed by atoms with Gasteiger partial charge in [-0.1, -0.05) is 130 Å². The van der Waals surface area contributed by atoms with Gasteiger partial charge in [0.15, 0.2) is 0 Å². The van der Waals surface area contributed by atoms with E-state index in [0.717, 1.165) is 101 Å². The van der Waals surface area contributed by atoms with Gasteiger partial charge in [0.05, 0.1) is 98.2 Å². The summed E-state index contributed by atoms with van der Waals surface area (Å²) < 4.78 is 59.7. The predicted octanol–water partition coefficient (Wildman–Crippen LogP) is 10.8. The van der Waals surface area contributed by atoms with E-state index in [1.54, 1.807) is 0 Å². The van der Waals surface area contributed by atoms with Gasteiger partial charge in [-0.25, -0.2) is 0 Å². The molecule has 5 heterocycles. The summed E-state index contributed by atoms with van der Waals surface area (Å²) in [4.78, 5) is 2.79. The maximum atomic E-state index is 7.77. The van der Waals surface area contributed by atoms with Gasteiger partial charge in [0.1, 0.15) is 0 Å². The van der Waals surface area contributed by atoms with Crippen LogP contribution in [-0.2, 0) is 37.9 Å². The topological polar surface area (TPSA) is 161 Å². The molecule has 530 valence electrons. The zero-order valence-electron chi connectivity index (χ0n) is 59.6. The molecule has 16 heteroatoms. The molecule has 8 bridgehead atoms. The highest BCUT2D eigenvalue weighted by Crippen LogP contribution is 2.62. The minimum Gasteiger partial charge on any atom is -0.381 e. The second kappa shape index (κ2) is 30.1. The average molecular weight is 1300 g/mol. The maximum Gasteiger partial charge on any atom is 0.0678 e. The van der Waals surface area contributed by atoms with Gasteiger partial charge in [-0.05, 0) is 155 Å². The third-order valence-corrected chi connectivity index (χ3v) is 30.2. The number of hydrogen-bond acceptors (Lipinski definition) is 16. The molecule has 15 fully saturated rings. The molecule has 5 aliphatic heterocycles. The van der Waals surface area contributed by atoms with Gasteiger partial charge in [-0.3, -0.25) is 42.1 Å². The molecular formula is C77H134N8O8. The summed E-state index contributed by atoms with van der Waals surface area (Å²) in [5.74, 6) is 7.90. The quantitative estimate of drug-likeness (QED) is 0.0576. The van der Waals surface area contributed by atoms with Crippen molar-refractivity contribution >= 4 is 0 Å². The monoisotopic (exact) mass is 1300 g/mol. The van der Waals surface area contributed by atoms with Crippen molar-refractivity contribution in [3.05, 3.63) is 0 Å². The molecule has 15 rings (SSSR count). The molecule has 0 spiro atoms. The van der Waals surface area contributed by atoms with E-state index in [-0.39, 0.29) is 146 Å². The fourth-order valence-corrected chi connectivity index (χ4v) is 26.6. The van der Waals surface area contributed by atoms with Crippen LogP contribution >= 0.6 is 0 Å². The lowest BCUT2D eigenvalue weighted by Crippen LogP contribution is -2.64. The van der Waals surface area contributed by atoms with Crippen LogP contribution in [0.15, 0.2) is 0 Å². The van der Waals surface area contributed by atoms with Crippen LogP contribution in [0.25, 0.3) is 0 Å². The molecule has 0 aromatic carbocycles. The lowest BCUT2D eigenvalue weighted by atomic mass is 9.54. The number of nitrogens with zero attached hydrogens (tertiary/aromatic N) is 1. The van der Waals surface area contributed by atoms with E-state index in [2.05, 4.69) is 69.8 Å². The van der Waals surface area contributed by atoms with Crippen LogP contribution in [-0.4, -0.2) is 165 Å². The lowest BCUT2D eigenvalue weighted by Gasteiger charge is -2.56. The van der Waals surface area contributed by atoms with Crippen molar-refractivity contribution in [2.24, 2.45) is 118 Å². The molecule has 15 aliphatic rings. The molecule has 0 aromatic heterocycles. The Balaban J connectivity index is 0.904. The number of hydrogen-bond donors (Lipinski definition) is 7. The predicted molar refractivity (Wildman–Crippen MR) is 364 cm³/mol. The zero-order valence-corrected chi connectivity index (χ0v) is 59.6. The summed E-state index contributed by atoms with van der Waals surface area (Å²) in [5, 5.41) is 32.8. The Morgan fingerprint density at radius 2 is 0.505 bits per heavy atom. The maximum absolute atomic E-state index is 7.77. The zero-order chi connectivity index (χ0) is 63.6. The molecule has 10 saturated carbocycles. The van der Waals surface area contributed by atoms with Crippen LogP contribution in [0, 0.1) is 118 Å². The van der Waals surface area contributed by atoms with Gasteiger partial charge < -0.3 is 37.9 Å². The molecule has 36 unspecified atom stereocenters. The van der Waals surface area contributed by atoms with Gasteiger partial charge >= 0.3 is 0 Å². The molecule has 16 nitrogen and oxygen atoms in total. The van der Waals surface area contributed by atoms with Crippen molar-refractivity contribution in [3.63, 3.8) is 0 Å². The van der Waals surface area contributed by atoms with Crippen LogP contribution in [0.5, 0.6) is 0 Å². The summed E-state index contributed by atoms with van der Waals surface area (Å²) in [6.45, 7) is 12.6. The second-order valence-electron chi connectivity index (χ2n) is 34.2. The standard InChI is InChI=1S/C77H134N8O8/c1-10-14-34-90-66-50-38-42-26-18-20-28-44(42)40-52(50)68(92-36-16-12-3)58-56(66)72-79-70-54-55(63(87-7)47-31-23-22-30-46(47)62(54)86-6)71(78-70)80-73-57-59(69(93-37-17-13-4)53-41-45-29-21-19-27-43(45)39-51(53)67(57)91-35-15-11-2)75(82-73)84-77-61-60(76(85(77)5)83-74(58)81-72)64(88-8)48-32-24-25-33-49(48)65(61)89-9/h42-84H,10-41H2,1-9H3. The second-order valence-corrected chi connectivity index (χ2v) is 34.2. The SMILES string of the molecule is CCCCOC1C2CC3CCCCC3CC2C(OCCCC)C2C3NC(NC4NC(NC5NC(NC6C7C(OC)C8CCCCC8C(OC)C7C(N3)N6C)C3C(OCCCC)C6CC7CCCCC7CC6C(OCCCC)C53)C3C(OC)C5CCCCC5C(OC)C43)C12. The van der Waals surface area contributed by atoms with E-state index in [1.807, 2.05) is 14.2 Å². The fraction of sp³-hybridized carbons (Fsp3) is 1.00. The van der Waals surface area contributed by atoms with Gasteiger partial charge in [0, 0.05) is 102 Å². The van der Waals surface area contributed by atoms with Gasteiger partial charge in [-0.15, -0.1) is 0 Å². The van der Waals surface area contributed by atoms with Crippen molar-refractivity contribution < 1.29 is 37.9 Å². The first-order valence-electron chi connectivity index (χ1n) is 40.4. The number of rotatable bonds is 20. The van der Waals surface area contributed by atoms with E-state index in [9.17, 15) is 0 Å². The highest BCUT2D eigenvalue weighted by molar-refractivity contribution is 5.20. The van der Waals surface area contributed by atoms with Gasteiger partial charge in [0.2, 0.25) is 0 Å². The van der Waals surface area contributed by atoms with Crippen LogP contribution in [0.2, 0.25) is 0 Å². The third-order valence-electron chi connectivity index (χ3n) is 30.2. The molecule has 36 atom stereocenters. The van der Waals surface area contributed by atoms with Crippen LogP contribution in [0.1, 0.15) is 207 Å². The number of methoxy groups -OCH3 is 4. The molecular weight excluding hydrogens is 1160 g/mol. The molecule has 10 aliphatic carbocycles. The number of nitrogens with one attached hydrogen (secondary N) is 7. The minimum absolute atomic E-state index is 0.0178. The van der Waals surface area contributed by atoms with E-state index < -0.39 is 0 Å². The summed E-state index contributed by atoms with van der Waals surface area (Å²) in [5.41, 5.74) is 0. The fourth-order valence-electron chi connectivity index (χ4n) is 26.6. The molecule has 93 heavy (non-hydrogen) atoms. The lowest BCUT2D eigenvalue weighted by molar-refractivity contribution is -0.188. The average Bonchev–Trinajstić information content (AvgIpc) is 1.61. The number of fused-ring (bicyclic) bond motifs is 26. The van der Waals surface area contributed by atoms with Crippen molar-refractivity contribution in [2.45, 2.75) is 306 Å². The van der Waals surface area contributed by atoms with E-state index in [4.69, 9.17) is 59.2 Å². The normalized spacial score (nSPS) is 52.2. The summed E-state index contributed by atoms with van der Waals surface area (Å²) in [6, 6.07) is 0. The summed E-state index contributed by atoms with van der Waals surface area (Å²) >= 11 is 0. The number of ether oxygens (including phenoxy) is 8. The van der Waals surface area contributed by atoms with Gasteiger partial charge in [-0.2, -0.15) is 0 Å². The van der Waals surface area contributed by atoms with E-state index >= 15 is 0 Å². The van der Waals surface area contributed by atoms with E-state index in [1.165, 1.54) is 128 Å². The Bertz CT molecular complexity index is 2230.